The van der Waals surface area contributed by atoms with Crippen molar-refractivity contribution in [2.75, 3.05) is 11.9 Å². The molecular formula is C20H23N. The maximum atomic E-state index is 2.48. The highest BCUT2D eigenvalue weighted by Crippen LogP contribution is 2.54. The topological polar surface area (TPSA) is 3.24 Å². The number of fused-ring (bicyclic) bond motifs is 5. The van der Waals surface area contributed by atoms with E-state index in [1.165, 1.54) is 28.8 Å². The van der Waals surface area contributed by atoms with Crippen LogP contribution in [0.1, 0.15) is 55.0 Å². The van der Waals surface area contributed by atoms with Gasteiger partial charge in [-0.25, -0.2) is 0 Å². The smallest absolute Gasteiger partial charge is 0.0614 e. The molecule has 0 amide bonds. The van der Waals surface area contributed by atoms with E-state index in [0.717, 1.165) is 0 Å². The Morgan fingerprint density at radius 3 is 2.52 bits per heavy atom. The van der Waals surface area contributed by atoms with Gasteiger partial charge in [0.2, 0.25) is 0 Å². The van der Waals surface area contributed by atoms with Gasteiger partial charge in [0.05, 0.1) is 6.04 Å². The Labute approximate surface area is 127 Å². The third-order valence-corrected chi connectivity index (χ3v) is 5.28. The number of hydrogen-bond acceptors (Lipinski definition) is 1. The summed E-state index contributed by atoms with van der Waals surface area (Å²) in [5, 5.41) is 0. The zero-order valence-electron chi connectivity index (χ0n) is 13.4. The molecule has 2 aliphatic rings. The number of likely N-dealkylation sites (N-methyl/N-ethyl adjacent to an activating group) is 1. The van der Waals surface area contributed by atoms with E-state index in [2.05, 4.69) is 75.2 Å². The lowest BCUT2D eigenvalue weighted by Gasteiger charge is -2.23. The van der Waals surface area contributed by atoms with E-state index >= 15 is 0 Å². The second-order valence-electron chi connectivity index (χ2n) is 7.59. The molecule has 2 atom stereocenters. The maximum absolute atomic E-state index is 2.48. The van der Waals surface area contributed by atoms with Gasteiger partial charge in [-0.3, -0.25) is 0 Å². The van der Waals surface area contributed by atoms with E-state index in [0.29, 0.717) is 12.0 Å². The lowest BCUT2D eigenvalue weighted by Crippen LogP contribution is -2.19. The van der Waals surface area contributed by atoms with Crippen molar-refractivity contribution < 1.29 is 0 Å². The van der Waals surface area contributed by atoms with Crippen LogP contribution in [0.25, 0.3) is 0 Å². The summed E-state index contributed by atoms with van der Waals surface area (Å²) in [7, 11) is 2.25. The molecule has 0 saturated carbocycles. The molecular weight excluding hydrogens is 254 g/mol. The maximum Gasteiger partial charge on any atom is 0.0614 e. The summed E-state index contributed by atoms with van der Waals surface area (Å²) in [6.07, 6.45) is 1.19. The molecule has 1 aliphatic carbocycles. The van der Waals surface area contributed by atoms with Crippen molar-refractivity contribution in [3.05, 3.63) is 64.7 Å². The van der Waals surface area contributed by atoms with Crippen molar-refractivity contribution in [3.63, 3.8) is 0 Å². The van der Waals surface area contributed by atoms with Crippen LogP contribution >= 0.6 is 0 Å². The van der Waals surface area contributed by atoms with Crippen LogP contribution in [-0.2, 0) is 11.8 Å². The van der Waals surface area contributed by atoms with E-state index in [-0.39, 0.29) is 5.41 Å². The second kappa shape index (κ2) is 4.13. The van der Waals surface area contributed by atoms with Crippen molar-refractivity contribution in [3.8, 4) is 0 Å². The molecule has 0 unspecified atom stereocenters. The first-order valence-corrected chi connectivity index (χ1v) is 7.92. The van der Waals surface area contributed by atoms with E-state index < -0.39 is 0 Å². The Morgan fingerprint density at radius 1 is 1.00 bits per heavy atom. The van der Waals surface area contributed by atoms with Crippen LogP contribution in [0.5, 0.6) is 0 Å². The van der Waals surface area contributed by atoms with E-state index in [1.54, 1.807) is 5.56 Å². The predicted molar refractivity (Wildman–Crippen MR) is 89.2 cm³/mol. The third kappa shape index (κ3) is 1.76. The van der Waals surface area contributed by atoms with Crippen LogP contribution in [0.4, 0.5) is 5.69 Å². The molecule has 0 bridgehead atoms. The van der Waals surface area contributed by atoms with E-state index in [1.807, 2.05) is 0 Å². The van der Waals surface area contributed by atoms with E-state index in [4.69, 9.17) is 0 Å². The van der Waals surface area contributed by atoms with Crippen molar-refractivity contribution in [1.29, 1.82) is 0 Å². The fraction of sp³-hybridized carbons (Fsp3) is 0.400. The molecule has 1 aliphatic heterocycles. The summed E-state index contributed by atoms with van der Waals surface area (Å²) >= 11 is 0. The lowest BCUT2D eigenvalue weighted by atomic mass is 9.84. The van der Waals surface area contributed by atoms with Gasteiger partial charge >= 0.3 is 0 Å². The van der Waals surface area contributed by atoms with Crippen molar-refractivity contribution in [2.45, 2.75) is 44.6 Å². The van der Waals surface area contributed by atoms with Gasteiger partial charge in [0.1, 0.15) is 0 Å². The Kier molecular flexibility index (Phi) is 2.54. The third-order valence-electron chi connectivity index (χ3n) is 5.28. The first-order chi connectivity index (χ1) is 9.97. The van der Waals surface area contributed by atoms with Gasteiger partial charge in [0.15, 0.2) is 0 Å². The average Bonchev–Trinajstić information content (AvgIpc) is 2.95. The summed E-state index contributed by atoms with van der Waals surface area (Å²) in [4.78, 5) is 2.48. The van der Waals surface area contributed by atoms with Gasteiger partial charge in [-0.2, -0.15) is 0 Å². The molecule has 2 aromatic rings. The fourth-order valence-electron chi connectivity index (χ4n) is 4.12. The summed E-state index contributed by atoms with van der Waals surface area (Å²) in [6.45, 7) is 6.90. The molecule has 1 heterocycles. The minimum absolute atomic E-state index is 0.219. The van der Waals surface area contributed by atoms with Crippen molar-refractivity contribution in [1.82, 2.24) is 0 Å². The standard InChI is InChI=1S/C20H23N/c1-20(2,3)14-9-10-18-16(12-14)17-11-13-7-5-6-8-15(13)19(17)21(18)4/h5-10,12,17,19H,11H2,1-4H3/t17-,19-/m0/s1. The van der Waals surface area contributed by atoms with Crippen LogP contribution < -0.4 is 4.90 Å². The SMILES string of the molecule is CN1c2ccc(C(C)(C)C)cc2[C@@H]2Cc3ccccc3[C@@H]21. The molecule has 21 heavy (non-hydrogen) atoms. The quantitative estimate of drug-likeness (QED) is 0.667. The molecule has 1 heteroatoms. The van der Waals surface area contributed by atoms with Crippen LogP contribution in [-0.4, -0.2) is 7.05 Å². The minimum Gasteiger partial charge on any atom is -0.367 e. The summed E-state index contributed by atoms with van der Waals surface area (Å²) in [5.74, 6) is 0.629. The van der Waals surface area contributed by atoms with Gasteiger partial charge in [-0.05, 0) is 40.2 Å². The van der Waals surface area contributed by atoms with Gasteiger partial charge in [0.25, 0.3) is 0 Å². The Balaban J connectivity index is 1.84. The number of benzene rings is 2. The van der Waals surface area contributed by atoms with Crippen molar-refractivity contribution in [2.24, 2.45) is 0 Å². The number of hydrogen-bond donors (Lipinski definition) is 0. The monoisotopic (exact) mass is 277 g/mol. The van der Waals surface area contributed by atoms with Gasteiger partial charge in [-0.15, -0.1) is 0 Å². The molecule has 0 radical (unpaired) electrons. The molecule has 0 N–H and O–H groups in total. The number of nitrogens with zero attached hydrogens (tertiary/aromatic N) is 1. The highest BCUT2D eigenvalue weighted by atomic mass is 15.2. The van der Waals surface area contributed by atoms with Crippen LogP contribution in [0.15, 0.2) is 42.5 Å². The zero-order valence-corrected chi connectivity index (χ0v) is 13.4. The van der Waals surface area contributed by atoms with Gasteiger partial charge in [0, 0.05) is 18.7 Å². The largest absolute Gasteiger partial charge is 0.367 e. The molecule has 0 aromatic heterocycles. The first kappa shape index (κ1) is 12.9. The minimum atomic E-state index is 0.219. The molecule has 1 nitrogen and oxygen atoms in total. The fourth-order valence-corrected chi connectivity index (χ4v) is 4.12. The highest BCUT2D eigenvalue weighted by molar-refractivity contribution is 5.67. The first-order valence-electron chi connectivity index (χ1n) is 7.92. The normalized spacial score (nSPS) is 23.0. The molecule has 2 aromatic carbocycles. The highest BCUT2D eigenvalue weighted by Gasteiger charge is 2.43. The second-order valence-corrected chi connectivity index (χ2v) is 7.59. The molecule has 4 rings (SSSR count). The summed E-state index contributed by atoms with van der Waals surface area (Å²) in [5.41, 5.74) is 7.70. The molecule has 0 saturated heterocycles. The van der Waals surface area contributed by atoms with Crippen LogP contribution in [0.2, 0.25) is 0 Å². The van der Waals surface area contributed by atoms with E-state index in [9.17, 15) is 0 Å². The Morgan fingerprint density at radius 2 is 1.76 bits per heavy atom. The van der Waals surface area contributed by atoms with Gasteiger partial charge < -0.3 is 4.90 Å². The summed E-state index contributed by atoms with van der Waals surface area (Å²) < 4.78 is 0. The number of rotatable bonds is 0. The average molecular weight is 277 g/mol. The zero-order chi connectivity index (χ0) is 14.8. The molecule has 108 valence electrons. The van der Waals surface area contributed by atoms with Crippen molar-refractivity contribution >= 4 is 5.69 Å². The summed E-state index contributed by atoms with van der Waals surface area (Å²) in [6, 6.07) is 16.6. The van der Waals surface area contributed by atoms with Crippen LogP contribution in [0, 0.1) is 0 Å². The number of anilines is 1. The van der Waals surface area contributed by atoms with Gasteiger partial charge in [-0.1, -0.05) is 57.2 Å². The Hall–Kier alpha value is -1.76. The lowest BCUT2D eigenvalue weighted by molar-refractivity contribution is 0.585. The van der Waals surface area contributed by atoms with Crippen LogP contribution in [0.3, 0.4) is 0 Å². The molecule has 0 spiro atoms. The molecule has 0 fully saturated rings. The Bertz CT molecular complexity index is 708. The predicted octanol–water partition coefficient (Wildman–Crippen LogP) is 4.81.